The Labute approximate surface area is 198 Å². The molecule has 6 heteroatoms. The Morgan fingerprint density at radius 3 is 2.56 bits per heavy atom. The van der Waals surface area contributed by atoms with Crippen LogP contribution in [0.4, 0.5) is 8.78 Å². The highest BCUT2D eigenvalue weighted by atomic mass is 19.1. The lowest BCUT2D eigenvalue weighted by Crippen LogP contribution is -2.50. The molecule has 2 aliphatic rings. The number of carboxylic acid groups (broad SMARTS) is 1. The lowest BCUT2D eigenvalue weighted by Gasteiger charge is -2.50. The average Bonchev–Trinajstić information content (AvgIpc) is 3.13. The number of carboxylic acids is 1. The second-order valence-corrected chi connectivity index (χ2v) is 9.97. The van der Waals surface area contributed by atoms with Crippen LogP contribution in [0.2, 0.25) is 0 Å². The number of benzene rings is 2. The van der Waals surface area contributed by atoms with Crippen LogP contribution in [0.3, 0.4) is 0 Å². The first kappa shape index (κ1) is 22.8. The van der Waals surface area contributed by atoms with Crippen molar-refractivity contribution < 1.29 is 18.7 Å². The number of halogens is 2. The summed E-state index contributed by atoms with van der Waals surface area (Å²) >= 11 is 0. The van der Waals surface area contributed by atoms with Crippen molar-refractivity contribution in [3.63, 3.8) is 0 Å². The van der Waals surface area contributed by atoms with Crippen LogP contribution in [0.25, 0.3) is 17.0 Å². The quantitative estimate of drug-likeness (QED) is 0.412. The molecule has 0 saturated heterocycles. The number of aromatic amines is 1. The van der Waals surface area contributed by atoms with Gasteiger partial charge in [-0.15, -0.1) is 0 Å². The number of aromatic nitrogens is 1. The fraction of sp³-hybridized carbons (Fsp3) is 0.393. The lowest BCUT2D eigenvalue weighted by atomic mass is 9.66. The molecule has 1 aliphatic carbocycles. The van der Waals surface area contributed by atoms with E-state index in [1.165, 1.54) is 24.6 Å². The highest BCUT2D eigenvalue weighted by Gasteiger charge is 2.44. The van der Waals surface area contributed by atoms with Crippen molar-refractivity contribution in [1.29, 1.82) is 0 Å². The van der Waals surface area contributed by atoms with E-state index >= 15 is 8.78 Å². The number of hydrogen-bond acceptors (Lipinski definition) is 2. The van der Waals surface area contributed by atoms with Crippen molar-refractivity contribution in [3.8, 4) is 0 Å². The zero-order valence-corrected chi connectivity index (χ0v) is 19.6. The van der Waals surface area contributed by atoms with E-state index < -0.39 is 23.6 Å². The molecule has 0 bridgehead atoms. The summed E-state index contributed by atoms with van der Waals surface area (Å²) in [6.45, 7) is 5.16. The molecule has 0 unspecified atom stereocenters. The van der Waals surface area contributed by atoms with E-state index in [0.29, 0.717) is 0 Å². The molecule has 1 aliphatic heterocycles. The van der Waals surface area contributed by atoms with E-state index in [-0.39, 0.29) is 22.6 Å². The smallest absolute Gasteiger partial charge is 0.328 e. The summed E-state index contributed by atoms with van der Waals surface area (Å²) in [6.07, 6.45) is 7.46. The number of nitrogens with one attached hydrogen (secondary N) is 1. The van der Waals surface area contributed by atoms with E-state index in [1.54, 1.807) is 0 Å². The predicted molar refractivity (Wildman–Crippen MR) is 130 cm³/mol. The molecular formula is C28H30F2N2O2. The number of aliphatic carboxylic acids is 1. The summed E-state index contributed by atoms with van der Waals surface area (Å²) in [4.78, 5) is 16.7. The zero-order valence-electron chi connectivity index (χ0n) is 19.6. The van der Waals surface area contributed by atoms with E-state index in [0.717, 1.165) is 60.5 Å². The van der Waals surface area contributed by atoms with Gasteiger partial charge in [0.1, 0.15) is 11.6 Å². The number of para-hydroxylation sites is 1. The highest BCUT2D eigenvalue weighted by Crippen LogP contribution is 2.49. The number of rotatable bonds is 6. The van der Waals surface area contributed by atoms with Gasteiger partial charge in [0.2, 0.25) is 0 Å². The van der Waals surface area contributed by atoms with Crippen LogP contribution in [0, 0.1) is 17.0 Å². The Balaban J connectivity index is 1.67. The van der Waals surface area contributed by atoms with Gasteiger partial charge in [-0.1, -0.05) is 31.5 Å². The van der Waals surface area contributed by atoms with Crippen LogP contribution in [-0.4, -0.2) is 33.5 Å². The van der Waals surface area contributed by atoms with Crippen LogP contribution in [-0.2, 0) is 11.2 Å². The molecule has 0 radical (unpaired) electrons. The molecule has 5 rings (SSSR count). The Kier molecular flexibility index (Phi) is 5.80. The Morgan fingerprint density at radius 1 is 1.24 bits per heavy atom. The minimum Gasteiger partial charge on any atom is -0.478 e. The summed E-state index contributed by atoms with van der Waals surface area (Å²) in [7, 11) is 0. The number of nitrogens with zero attached hydrogens (tertiary/aromatic N) is 1. The van der Waals surface area contributed by atoms with Gasteiger partial charge >= 0.3 is 5.97 Å². The molecule has 0 spiro atoms. The molecule has 0 amide bonds. The van der Waals surface area contributed by atoms with Gasteiger partial charge in [0.15, 0.2) is 0 Å². The summed E-state index contributed by atoms with van der Waals surface area (Å²) in [5.74, 6) is -2.47. The van der Waals surface area contributed by atoms with Crippen molar-refractivity contribution in [2.75, 3.05) is 6.54 Å². The Morgan fingerprint density at radius 2 is 1.94 bits per heavy atom. The van der Waals surface area contributed by atoms with Crippen LogP contribution in [0.5, 0.6) is 0 Å². The lowest BCUT2D eigenvalue weighted by molar-refractivity contribution is -0.131. The Bertz CT molecular complexity index is 1250. The third-order valence-electron chi connectivity index (χ3n) is 7.99. The summed E-state index contributed by atoms with van der Waals surface area (Å²) in [6, 6.07) is 10.0. The fourth-order valence-corrected chi connectivity index (χ4v) is 5.88. The van der Waals surface area contributed by atoms with Gasteiger partial charge in [0.05, 0.1) is 6.04 Å². The molecule has 2 atom stereocenters. The summed E-state index contributed by atoms with van der Waals surface area (Å²) in [5, 5.41) is 9.99. The molecule has 1 aromatic heterocycles. The van der Waals surface area contributed by atoms with E-state index in [9.17, 15) is 4.79 Å². The number of fused-ring (bicyclic) bond motifs is 3. The fourth-order valence-electron chi connectivity index (χ4n) is 5.88. The van der Waals surface area contributed by atoms with Crippen molar-refractivity contribution in [1.82, 2.24) is 9.88 Å². The number of carbonyl (C=O) groups is 1. The second kappa shape index (κ2) is 8.66. The standard InChI is InChI=1S/C28H30F2N2O2/c1-3-28(11-6-12-28)16-32-17(2)13-20-19-7-4-5-8-23(19)31-26(20)27(32)25-21(29)14-18(15-22(25)30)9-10-24(33)34/h4-5,7-10,14-15,17,27,31H,3,6,11-13,16H2,1-2H3,(H,33,34)/b10-9+/t17-,27-/m1/s1. The third kappa shape index (κ3) is 3.84. The third-order valence-corrected chi connectivity index (χ3v) is 7.99. The maximum Gasteiger partial charge on any atom is 0.328 e. The molecule has 1 saturated carbocycles. The highest BCUT2D eigenvalue weighted by molar-refractivity contribution is 5.86. The van der Waals surface area contributed by atoms with E-state index in [2.05, 4.69) is 29.8 Å². The van der Waals surface area contributed by atoms with Crippen molar-refractivity contribution in [2.24, 2.45) is 5.41 Å². The molecule has 3 aromatic rings. The van der Waals surface area contributed by atoms with Gasteiger partial charge in [-0.05, 0) is 73.4 Å². The first-order valence-corrected chi connectivity index (χ1v) is 12.1. The summed E-state index contributed by atoms with van der Waals surface area (Å²) in [5.41, 5.74) is 3.36. The molecular weight excluding hydrogens is 434 g/mol. The van der Waals surface area contributed by atoms with E-state index in [1.807, 2.05) is 18.2 Å². The second-order valence-electron chi connectivity index (χ2n) is 9.97. The van der Waals surface area contributed by atoms with Gasteiger partial charge in [-0.25, -0.2) is 13.6 Å². The van der Waals surface area contributed by atoms with Gasteiger partial charge in [-0.3, -0.25) is 4.90 Å². The molecule has 2 N–H and O–H groups in total. The number of H-pyrrole nitrogens is 1. The van der Waals surface area contributed by atoms with E-state index in [4.69, 9.17) is 5.11 Å². The zero-order chi connectivity index (χ0) is 24.0. The van der Waals surface area contributed by atoms with Crippen LogP contribution < -0.4 is 0 Å². The maximum absolute atomic E-state index is 15.6. The van der Waals surface area contributed by atoms with Gasteiger partial charge in [0.25, 0.3) is 0 Å². The molecule has 34 heavy (non-hydrogen) atoms. The predicted octanol–water partition coefficient (Wildman–Crippen LogP) is 6.46. The minimum atomic E-state index is -1.16. The SMILES string of the molecule is CCC1(CN2[C@H](c3c(F)cc(/C=C/C(=O)O)cc3F)c3[nH]c4ccccc4c3C[C@H]2C)CCC1. The largest absolute Gasteiger partial charge is 0.478 e. The maximum atomic E-state index is 15.6. The first-order chi connectivity index (χ1) is 16.3. The topological polar surface area (TPSA) is 56.3 Å². The van der Waals surface area contributed by atoms with Crippen molar-refractivity contribution in [2.45, 2.75) is 58.0 Å². The van der Waals surface area contributed by atoms with Crippen LogP contribution in [0.1, 0.15) is 68.0 Å². The summed E-state index contributed by atoms with van der Waals surface area (Å²) < 4.78 is 31.2. The molecule has 1 fully saturated rings. The average molecular weight is 465 g/mol. The normalized spacial score (nSPS) is 22.1. The van der Waals surface area contributed by atoms with Gasteiger partial charge in [0, 0.05) is 40.8 Å². The molecule has 178 valence electrons. The van der Waals surface area contributed by atoms with Crippen LogP contribution >= 0.6 is 0 Å². The number of hydrogen-bond donors (Lipinski definition) is 2. The molecule has 2 heterocycles. The molecule has 2 aromatic carbocycles. The minimum absolute atomic E-state index is 0.0254. The monoisotopic (exact) mass is 464 g/mol. The van der Waals surface area contributed by atoms with Gasteiger partial charge < -0.3 is 10.1 Å². The van der Waals surface area contributed by atoms with Crippen molar-refractivity contribution >= 4 is 22.9 Å². The van der Waals surface area contributed by atoms with Crippen molar-refractivity contribution in [3.05, 3.63) is 76.5 Å². The van der Waals surface area contributed by atoms with Gasteiger partial charge in [-0.2, -0.15) is 0 Å². The molecule has 4 nitrogen and oxygen atoms in total. The Hall–Kier alpha value is -2.99. The van der Waals surface area contributed by atoms with Crippen LogP contribution in [0.15, 0.2) is 42.5 Å². The first-order valence-electron chi connectivity index (χ1n) is 12.1.